The first-order valence-corrected chi connectivity index (χ1v) is 6.45. The summed E-state index contributed by atoms with van der Waals surface area (Å²) in [5, 5.41) is 0. The van der Waals surface area contributed by atoms with Gasteiger partial charge in [-0.05, 0) is 43.9 Å². The minimum absolute atomic E-state index is 0.803. The quantitative estimate of drug-likeness (QED) is 0.562. The van der Waals surface area contributed by atoms with Crippen molar-refractivity contribution in [2.24, 2.45) is 11.8 Å². The Kier molecular flexibility index (Phi) is 6.15. The van der Waals surface area contributed by atoms with Crippen molar-refractivity contribution in [3.8, 4) is 0 Å². The van der Waals surface area contributed by atoms with Gasteiger partial charge in [0.15, 0.2) is 0 Å². The lowest BCUT2D eigenvalue weighted by molar-refractivity contribution is 0.437. The molecule has 2 atom stereocenters. The molecule has 84 valence electrons. The zero-order chi connectivity index (χ0) is 10.9. The van der Waals surface area contributed by atoms with Gasteiger partial charge in [0.05, 0.1) is 0 Å². The van der Waals surface area contributed by atoms with Crippen LogP contribution in [0, 0.1) is 11.8 Å². The molecule has 0 aromatic rings. The predicted octanol–water partition coefficient (Wildman–Crippen LogP) is 4.89. The normalized spacial score (nSPS) is 28.4. The predicted molar refractivity (Wildman–Crippen MR) is 68.8 cm³/mol. The van der Waals surface area contributed by atoms with Crippen LogP contribution in [0.2, 0.25) is 0 Å². The zero-order valence-corrected chi connectivity index (χ0v) is 10.2. The van der Waals surface area contributed by atoms with E-state index in [1.54, 1.807) is 0 Å². The number of allylic oxidation sites excluding steroid dienone is 6. The molecule has 0 fully saturated rings. The van der Waals surface area contributed by atoms with E-state index in [1.807, 2.05) is 13.8 Å². The third kappa shape index (κ3) is 4.51. The van der Waals surface area contributed by atoms with E-state index >= 15 is 0 Å². The van der Waals surface area contributed by atoms with Crippen molar-refractivity contribution in [1.82, 2.24) is 0 Å². The van der Waals surface area contributed by atoms with Crippen LogP contribution in [0.5, 0.6) is 0 Å². The fourth-order valence-corrected chi connectivity index (χ4v) is 2.27. The molecule has 0 saturated heterocycles. The summed E-state index contributed by atoms with van der Waals surface area (Å²) in [4.78, 5) is 0. The van der Waals surface area contributed by atoms with Gasteiger partial charge in [0.25, 0.3) is 0 Å². The maximum Gasteiger partial charge on any atom is -0.0190 e. The first-order valence-electron chi connectivity index (χ1n) is 6.45. The van der Waals surface area contributed by atoms with Crippen LogP contribution >= 0.6 is 0 Å². The fraction of sp³-hybridized carbons (Fsp3) is 0.600. The van der Waals surface area contributed by atoms with E-state index < -0.39 is 0 Å². The summed E-state index contributed by atoms with van der Waals surface area (Å²) < 4.78 is 0. The van der Waals surface area contributed by atoms with Crippen LogP contribution in [0.3, 0.4) is 0 Å². The Labute approximate surface area is 94.8 Å². The van der Waals surface area contributed by atoms with Crippen LogP contribution < -0.4 is 0 Å². The third-order valence-electron chi connectivity index (χ3n) is 3.03. The van der Waals surface area contributed by atoms with Gasteiger partial charge in [-0.3, -0.25) is 0 Å². The van der Waals surface area contributed by atoms with Crippen molar-refractivity contribution in [1.29, 1.82) is 0 Å². The molecule has 0 amide bonds. The molecule has 0 aromatic carbocycles. The average Bonchev–Trinajstić information content (AvgIpc) is 2.34. The topological polar surface area (TPSA) is 0 Å². The average molecular weight is 204 g/mol. The molecule has 0 heterocycles. The number of hydrogen-bond donors (Lipinski definition) is 0. The summed E-state index contributed by atoms with van der Waals surface area (Å²) >= 11 is 0. The van der Waals surface area contributed by atoms with Crippen molar-refractivity contribution in [3.63, 3.8) is 0 Å². The van der Waals surface area contributed by atoms with Crippen LogP contribution in [-0.2, 0) is 0 Å². The van der Waals surface area contributed by atoms with Gasteiger partial charge in [0.2, 0.25) is 0 Å². The lowest BCUT2D eigenvalue weighted by Gasteiger charge is -2.21. The van der Waals surface area contributed by atoms with Crippen LogP contribution in [0.25, 0.3) is 0 Å². The summed E-state index contributed by atoms with van der Waals surface area (Å²) in [6.07, 6.45) is 20.5. The molecule has 0 heteroatoms. The Morgan fingerprint density at radius 3 is 2.47 bits per heavy atom. The van der Waals surface area contributed by atoms with Crippen LogP contribution in [0.1, 0.15) is 46.0 Å². The van der Waals surface area contributed by atoms with Crippen LogP contribution in [0.4, 0.5) is 0 Å². The van der Waals surface area contributed by atoms with E-state index in [0.717, 1.165) is 11.8 Å². The van der Waals surface area contributed by atoms with Gasteiger partial charge in [-0.15, -0.1) is 0 Å². The van der Waals surface area contributed by atoms with E-state index in [0.29, 0.717) is 0 Å². The molecule has 15 heavy (non-hydrogen) atoms. The van der Waals surface area contributed by atoms with E-state index in [9.17, 15) is 0 Å². The number of hydrogen-bond acceptors (Lipinski definition) is 0. The Hall–Kier alpha value is -0.780. The van der Waals surface area contributed by atoms with Crippen molar-refractivity contribution >= 4 is 0 Å². The minimum Gasteiger partial charge on any atom is -0.0883 e. The first kappa shape index (κ1) is 12.3. The summed E-state index contributed by atoms with van der Waals surface area (Å²) in [7, 11) is 0. The highest BCUT2D eigenvalue weighted by molar-refractivity contribution is 5.11. The van der Waals surface area contributed by atoms with E-state index in [4.69, 9.17) is 0 Å². The van der Waals surface area contributed by atoms with E-state index in [-0.39, 0.29) is 0 Å². The molecular formula is C15H24. The molecule has 2 aliphatic carbocycles. The molecule has 2 unspecified atom stereocenters. The Morgan fingerprint density at radius 1 is 1.00 bits per heavy atom. The minimum atomic E-state index is 0.803. The number of rotatable bonds is 2. The molecule has 0 saturated carbocycles. The van der Waals surface area contributed by atoms with Crippen LogP contribution in [-0.4, -0.2) is 0 Å². The SMILES string of the molecule is C1=CCC(CC2C=CCCC2)C=C1.CC. The maximum atomic E-state index is 2.43. The second-order valence-corrected chi connectivity index (χ2v) is 4.16. The molecular weight excluding hydrogens is 180 g/mol. The molecule has 2 rings (SSSR count). The van der Waals surface area contributed by atoms with Gasteiger partial charge in [-0.2, -0.15) is 0 Å². The third-order valence-corrected chi connectivity index (χ3v) is 3.03. The monoisotopic (exact) mass is 204 g/mol. The summed E-state index contributed by atoms with van der Waals surface area (Å²) in [5.74, 6) is 1.66. The van der Waals surface area contributed by atoms with Crippen molar-refractivity contribution in [2.75, 3.05) is 0 Å². The fourth-order valence-electron chi connectivity index (χ4n) is 2.27. The summed E-state index contributed by atoms with van der Waals surface area (Å²) in [6.45, 7) is 4.00. The molecule has 0 aromatic heterocycles. The smallest absolute Gasteiger partial charge is 0.0190 e. The molecule has 0 bridgehead atoms. The van der Waals surface area contributed by atoms with E-state index in [1.165, 1.54) is 32.1 Å². The highest BCUT2D eigenvalue weighted by atomic mass is 14.2. The molecule has 0 spiro atoms. The lowest BCUT2D eigenvalue weighted by atomic mass is 9.85. The molecule has 0 N–H and O–H groups in total. The van der Waals surface area contributed by atoms with Crippen molar-refractivity contribution in [3.05, 3.63) is 36.5 Å². The highest BCUT2D eigenvalue weighted by Gasteiger charge is 2.13. The van der Waals surface area contributed by atoms with Crippen LogP contribution in [0.15, 0.2) is 36.5 Å². The molecule has 2 aliphatic rings. The second kappa shape index (κ2) is 7.50. The lowest BCUT2D eigenvalue weighted by Crippen LogP contribution is -2.08. The summed E-state index contributed by atoms with van der Waals surface area (Å²) in [6, 6.07) is 0. The van der Waals surface area contributed by atoms with Gasteiger partial charge in [-0.1, -0.05) is 50.3 Å². The van der Waals surface area contributed by atoms with Gasteiger partial charge >= 0.3 is 0 Å². The Morgan fingerprint density at radius 2 is 1.87 bits per heavy atom. The first-order chi connectivity index (χ1) is 7.45. The Bertz CT molecular complexity index is 232. The molecule has 0 nitrogen and oxygen atoms in total. The largest absolute Gasteiger partial charge is 0.0883 e. The zero-order valence-electron chi connectivity index (χ0n) is 10.2. The summed E-state index contributed by atoms with van der Waals surface area (Å²) in [5.41, 5.74) is 0. The molecule has 0 radical (unpaired) electrons. The van der Waals surface area contributed by atoms with E-state index in [2.05, 4.69) is 36.5 Å². The van der Waals surface area contributed by atoms with Gasteiger partial charge in [0, 0.05) is 0 Å². The van der Waals surface area contributed by atoms with Crippen molar-refractivity contribution in [2.45, 2.75) is 46.0 Å². The Balaban J connectivity index is 0.000000531. The highest BCUT2D eigenvalue weighted by Crippen LogP contribution is 2.27. The van der Waals surface area contributed by atoms with Gasteiger partial charge < -0.3 is 0 Å². The van der Waals surface area contributed by atoms with Crippen molar-refractivity contribution < 1.29 is 0 Å². The van der Waals surface area contributed by atoms with Gasteiger partial charge in [0.1, 0.15) is 0 Å². The second-order valence-electron chi connectivity index (χ2n) is 4.16. The molecule has 0 aliphatic heterocycles. The van der Waals surface area contributed by atoms with Gasteiger partial charge in [-0.25, -0.2) is 0 Å². The standard InChI is InChI=1S/C13H18.C2H6/c1-3-7-12(8-4-1)11-13-9-5-2-6-10-13;1-2/h1,3-5,7,9,12-13H,2,6,8,10-11H2;1-2H3. The maximum absolute atomic E-state index is 2.43.